The first-order valence-electron chi connectivity index (χ1n) is 8.64. The molecule has 0 saturated carbocycles. The van der Waals surface area contributed by atoms with Crippen molar-refractivity contribution in [3.63, 3.8) is 0 Å². The lowest BCUT2D eigenvalue weighted by molar-refractivity contribution is -0.139. The zero-order valence-corrected chi connectivity index (χ0v) is 14.6. The van der Waals surface area contributed by atoms with Crippen LogP contribution in [0.2, 0.25) is 0 Å². The van der Waals surface area contributed by atoms with Crippen LogP contribution in [0.5, 0.6) is 11.6 Å². The van der Waals surface area contributed by atoms with Gasteiger partial charge in [0.1, 0.15) is 11.9 Å². The average molecular weight is 348 g/mol. The summed E-state index contributed by atoms with van der Waals surface area (Å²) in [5, 5.41) is 1.09. The molecule has 26 heavy (non-hydrogen) atoms. The lowest BCUT2D eigenvalue weighted by Crippen LogP contribution is -2.56. The molecule has 1 saturated heterocycles. The van der Waals surface area contributed by atoms with E-state index in [1.165, 1.54) is 0 Å². The van der Waals surface area contributed by atoms with Gasteiger partial charge in [0.15, 0.2) is 0 Å². The van der Waals surface area contributed by atoms with Gasteiger partial charge >= 0.3 is 0 Å². The van der Waals surface area contributed by atoms with Crippen molar-refractivity contribution in [2.45, 2.75) is 12.5 Å². The van der Waals surface area contributed by atoms with E-state index in [1.54, 1.807) is 7.11 Å². The molecule has 1 amide bonds. The van der Waals surface area contributed by atoms with Gasteiger partial charge in [0, 0.05) is 11.5 Å². The van der Waals surface area contributed by atoms with Gasteiger partial charge in [-0.25, -0.2) is 4.98 Å². The highest BCUT2D eigenvalue weighted by Crippen LogP contribution is 2.21. The third kappa shape index (κ3) is 3.47. The van der Waals surface area contributed by atoms with Crippen molar-refractivity contribution in [3.8, 4) is 11.6 Å². The number of methoxy groups -OCH3 is 1. The van der Waals surface area contributed by atoms with Crippen LogP contribution in [0.1, 0.15) is 5.56 Å². The molecule has 0 N–H and O–H groups in total. The van der Waals surface area contributed by atoms with Gasteiger partial charge < -0.3 is 14.4 Å². The molecule has 3 aromatic rings. The second-order valence-electron chi connectivity index (χ2n) is 6.41. The average Bonchev–Trinajstić information content (AvgIpc) is 2.64. The van der Waals surface area contributed by atoms with E-state index in [0.29, 0.717) is 25.4 Å². The summed E-state index contributed by atoms with van der Waals surface area (Å²) in [6, 6.07) is 19.4. The molecular formula is C21H20N2O3. The van der Waals surface area contributed by atoms with Crippen molar-refractivity contribution in [1.29, 1.82) is 0 Å². The van der Waals surface area contributed by atoms with E-state index in [4.69, 9.17) is 9.47 Å². The predicted molar refractivity (Wildman–Crippen MR) is 99.4 cm³/mol. The van der Waals surface area contributed by atoms with Gasteiger partial charge in [-0.1, -0.05) is 30.3 Å². The molecule has 0 spiro atoms. The third-order valence-electron chi connectivity index (χ3n) is 4.55. The lowest BCUT2D eigenvalue weighted by atomic mass is 10.1. The Morgan fingerprint density at radius 3 is 2.81 bits per heavy atom. The first-order valence-corrected chi connectivity index (χ1v) is 8.64. The summed E-state index contributed by atoms with van der Waals surface area (Å²) in [7, 11) is 1.62. The van der Waals surface area contributed by atoms with Crippen molar-refractivity contribution in [1.82, 2.24) is 9.88 Å². The Morgan fingerprint density at radius 2 is 1.96 bits per heavy atom. The van der Waals surface area contributed by atoms with Crippen molar-refractivity contribution < 1.29 is 14.3 Å². The topological polar surface area (TPSA) is 51.7 Å². The van der Waals surface area contributed by atoms with E-state index < -0.39 is 0 Å². The quantitative estimate of drug-likeness (QED) is 0.711. The maximum Gasteiger partial charge on any atom is 0.227 e. The second kappa shape index (κ2) is 7.04. The number of carbonyl (C=O) groups is 1. The number of rotatable bonds is 5. The molecule has 132 valence electrons. The minimum Gasteiger partial charge on any atom is -0.497 e. The lowest BCUT2D eigenvalue weighted by Gasteiger charge is -2.38. The van der Waals surface area contributed by atoms with Crippen LogP contribution in [0.3, 0.4) is 0 Å². The van der Waals surface area contributed by atoms with Crippen LogP contribution in [0, 0.1) is 0 Å². The monoisotopic (exact) mass is 348 g/mol. The highest BCUT2D eigenvalue weighted by Gasteiger charge is 2.32. The van der Waals surface area contributed by atoms with Gasteiger partial charge in [-0.2, -0.15) is 0 Å². The minimum atomic E-state index is -0.00192. The van der Waals surface area contributed by atoms with Gasteiger partial charge in [0.2, 0.25) is 11.8 Å². The molecule has 1 fully saturated rings. The number of benzene rings is 2. The third-order valence-corrected chi connectivity index (χ3v) is 4.55. The van der Waals surface area contributed by atoms with Crippen LogP contribution < -0.4 is 9.47 Å². The fraction of sp³-hybridized carbons (Fsp3) is 0.238. The number of likely N-dealkylation sites (tertiary alicyclic amines) is 1. The number of ether oxygens (including phenoxy) is 2. The molecule has 0 unspecified atom stereocenters. The van der Waals surface area contributed by atoms with E-state index in [1.807, 2.05) is 65.6 Å². The molecule has 5 heteroatoms. The SMILES string of the molecule is COc1cccc(CC(=O)N2CC(Oc3ccc4ccccc4n3)C2)c1. The zero-order valence-electron chi connectivity index (χ0n) is 14.6. The predicted octanol–water partition coefficient (Wildman–Crippen LogP) is 3.08. The Hall–Kier alpha value is -3.08. The summed E-state index contributed by atoms with van der Waals surface area (Å²) < 4.78 is 11.1. The number of aromatic nitrogens is 1. The highest BCUT2D eigenvalue weighted by atomic mass is 16.5. The fourth-order valence-corrected chi connectivity index (χ4v) is 3.07. The number of para-hydroxylation sites is 1. The molecule has 1 aliphatic rings. The molecule has 4 rings (SSSR count). The first kappa shape index (κ1) is 16.4. The van der Waals surface area contributed by atoms with E-state index >= 15 is 0 Å². The number of nitrogens with zero attached hydrogens (tertiary/aromatic N) is 2. The number of hydrogen-bond donors (Lipinski definition) is 0. The van der Waals surface area contributed by atoms with Crippen molar-refractivity contribution in [2.24, 2.45) is 0 Å². The normalized spacial score (nSPS) is 14.1. The molecule has 1 aromatic heterocycles. The number of fused-ring (bicyclic) bond motifs is 1. The van der Waals surface area contributed by atoms with Gasteiger partial charge in [0.05, 0.1) is 32.1 Å². The van der Waals surface area contributed by atoms with Crippen LogP contribution >= 0.6 is 0 Å². The molecule has 5 nitrogen and oxygen atoms in total. The highest BCUT2D eigenvalue weighted by molar-refractivity contribution is 5.80. The van der Waals surface area contributed by atoms with Crippen LogP contribution in [0.25, 0.3) is 10.9 Å². The summed E-state index contributed by atoms with van der Waals surface area (Å²) in [5.74, 6) is 1.47. The molecule has 2 heterocycles. The Bertz CT molecular complexity index is 935. The first-order chi connectivity index (χ1) is 12.7. The van der Waals surface area contributed by atoms with Crippen molar-refractivity contribution in [3.05, 3.63) is 66.2 Å². The zero-order chi connectivity index (χ0) is 17.9. The summed E-state index contributed by atoms with van der Waals surface area (Å²) in [5.41, 5.74) is 1.87. The smallest absolute Gasteiger partial charge is 0.227 e. The van der Waals surface area contributed by atoms with E-state index in [-0.39, 0.29) is 12.0 Å². The van der Waals surface area contributed by atoms with Gasteiger partial charge in [-0.05, 0) is 29.8 Å². The molecule has 0 aliphatic carbocycles. The summed E-state index contributed by atoms with van der Waals surface area (Å²) >= 11 is 0. The second-order valence-corrected chi connectivity index (χ2v) is 6.41. The molecular weight excluding hydrogens is 328 g/mol. The Kier molecular flexibility index (Phi) is 4.44. The van der Waals surface area contributed by atoms with Crippen molar-refractivity contribution in [2.75, 3.05) is 20.2 Å². The Balaban J connectivity index is 1.32. The van der Waals surface area contributed by atoms with Crippen LogP contribution in [0.15, 0.2) is 60.7 Å². The van der Waals surface area contributed by atoms with Crippen LogP contribution in [-0.4, -0.2) is 42.1 Å². The summed E-state index contributed by atoms with van der Waals surface area (Å²) in [6.45, 7) is 1.19. The van der Waals surface area contributed by atoms with Crippen LogP contribution in [0.4, 0.5) is 0 Å². The molecule has 1 aliphatic heterocycles. The summed E-state index contributed by atoms with van der Waals surface area (Å²) in [6.07, 6.45) is 0.371. The standard InChI is InChI=1S/C21H20N2O3/c1-25-17-7-4-5-15(11-17)12-21(24)23-13-18(14-23)26-20-10-9-16-6-2-3-8-19(16)22-20/h2-11,18H,12-14H2,1H3. The number of carbonyl (C=O) groups excluding carboxylic acids is 1. The maximum absolute atomic E-state index is 12.4. The van der Waals surface area contributed by atoms with E-state index in [0.717, 1.165) is 22.2 Å². The van der Waals surface area contributed by atoms with E-state index in [9.17, 15) is 4.79 Å². The van der Waals surface area contributed by atoms with Gasteiger partial charge in [-0.3, -0.25) is 4.79 Å². The minimum absolute atomic E-state index is 0.00192. The number of amides is 1. The van der Waals surface area contributed by atoms with Gasteiger partial charge in [-0.15, -0.1) is 0 Å². The van der Waals surface area contributed by atoms with Gasteiger partial charge in [0.25, 0.3) is 0 Å². The molecule has 2 aromatic carbocycles. The largest absolute Gasteiger partial charge is 0.497 e. The number of hydrogen-bond acceptors (Lipinski definition) is 4. The molecule has 0 atom stereocenters. The molecule has 0 radical (unpaired) electrons. The Labute approximate surface area is 152 Å². The maximum atomic E-state index is 12.4. The van der Waals surface area contributed by atoms with Crippen molar-refractivity contribution >= 4 is 16.8 Å². The fourth-order valence-electron chi connectivity index (χ4n) is 3.07. The molecule has 0 bridgehead atoms. The van der Waals surface area contributed by atoms with E-state index in [2.05, 4.69) is 4.98 Å². The Morgan fingerprint density at radius 1 is 1.12 bits per heavy atom. The number of pyridine rings is 1. The summed E-state index contributed by atoms with van der Waals surface area (Å²) in [4.78, 5) is 18.7. The van der Waals surface area contributed by atoms with Crippen LogP contribution in [-0.2, 0) is 11.2 Å².